The van der Waals surface area contributed by atoms with E-state index in [1.165, 1.54) is 12.1 Å². The fourth-order valence-electron chi connectivity index (χ4n) is 1.74. The zero-order chi connectivity index (χ0) is 18.8. The van der Waals surface area contributed by atoms with E-state index in [4.69, 9.17) is 11.6 Å². The topological polar surface area (TPSA) is 93.2 Å². The third-order valence-corrected chi connectivity index (χ3v) is 3.61. The van der Waals surface area contributed by atoms with Crippen LogP contribution in [0.4, 0.5) is 18.9 Å². The van der Waals surface area contributed by atoms with E-state index >= 15 is 0 Å². The summed E-state index contributed by atoms with van der Waals surface area (Å²) in [6.45, 7) is -0.465. The van der Waals surface area contributed by atoms with Gasteiger partial charge >= 0.3 is 12.1 Å². The molecule has 1 aromatic carbocycles. The number of anilines is 1. The molecule has 0 aliphatic heterocycles. The fourth-order valence-corrected chi connectivity index (χ4v) is 2.37. The maximum absolute atomic E-state index is 12.2. The molecule has 0 unspecified atom stereocenters. The van der Waals surface area contributed by atoms with Gasteiger partial charge in [0.05, 0.1) is 4.47 Å². The second-order valence-electron chi connectivity index (χ2n) is 4.61. The van der Waals surface area contributed by atoms with Crippen LogP contribution in [-0.4, -0.2) is 21.8 Å². The molecular weight excluding hydrogens is 435 g/mol. The SMILES string of the molecule is O=C(Cn1cc(Cl)c(=O)[nH]c1=O)Nc1ccc(OC(F)(F)F)c(Br)c1. The average molecular weight is 443 g/mol. The Bertz CT molecular complexity index is 926. The summed E-state index contributed by atoms with van der Waals surface area (Å²) in [5, 5.41) is 2.11. The van der Waals surface area contributed by atoms with E-state index in [0.717, 1.165) is 16.8 Å². The number of hydrogen-bond donors (Lipinski definition) is 2. The number of amides is 1. The Morgan fingerprint density at radius 2 is 2.04 bits per heavy atom. The van der Waals surface area contributed by atoms with Gasteiger partial charge in [-0.2, -0.15) is 0 Å². The molecule has 0 saturated carbocycles. The Kier molecular flexibility index (Phi) is 5.58. The normalized spacial score (nSPS) is 11.2. The van der Waals surface area contributed by atoms with Crippen LogP contribution in [-0.2, 0) is 11.3 Å². The molecule has 7 nitrogen and oxygen atoms in total. The predicted molar refractivity (Wildman–Crippen MR) is 85.8 cm³/mol. The number of benzene rings is 1. The number of H-pyrrole nitrogens is 1. The Hall–Kier alpha value is -2.27. The van der Waals surface area contributed by atoms with Gasteiger partial charge in [-0.05, 0) is 34.1 Å². The molecule has 12 heteroatoms. The molecule has 0 bridgehead atoms. The van der Waals surface area contributed by atoms with E-state index in [-0.39, 0.29) is 15.2 Å². The van der Waals surface area contributed by atoms with Crippen molar-refractivity contribution in [2.75, 3.05) is 5.32 Å². The first kappa shape index (κ1) is 19.1. The molecule has 2 aromatic rings. The smallest absolute Gasteiger partial charge is 0.405 e. The molecule has 0 aliphatic rings. The minimum absolute atomic E-state index is 0.0353. The summed E-state index contributed by atoms with van der Waals surface area (Å²) < 4.78 is 41.2. The molecule has 134 valence electrons. The number of aromatic nitrogens is 2. The largest absolute Gasteiger partial charge is 0.573 e. The number of carbonyl (C=O) groups excluding carboxylic acids is 1. The molecule has 2 N–H and O–H groups in total. The molecule has 25 heavy (non-hydrogen) atoms. The molecule has 0 atom stereocenters. The lowest BCUT2D eigenvalue weighted by atomic mass is 10.3. The number of aromatic amines is 1. The van der Waals surface area contributed by atoms with Gasteiger partial charge < -0.3 is 10.1 Å². The highest BCUT2D eigenvalue weighted by Gasteiger charge is 2.32. The molecule has 0 radical (unpaired) electrons. The van der Waals surface area contributed by atoms with Gasteiger partial charge in [0, 0.05) is 11.9 Å². The lowest BCUT2D eigenvalue weighted by molar-refractivity contribution is -0.274. The minimum Gasteiger partial charge on any atom is -0.405 e. The fraction of sp³-hybridized carbons (Fsp3) is 0.154. The number of rotatable bonds is 4. The zero-order valence-electron chi connectivity index (χ0n) is 12.0. The van der Waals surface area contributed by atoms with Crippen molar-refractivity contribution >= 4 is 39.1 Å². The van der Waals surface area contributed by atoms with Gasteiger partial charge in [-0.3, -0.25) is 19.1 Å². The Morgan fingerprint density at radius 1 is 1.36 bits per heavy atom. The van der Waals surface area contributed by atoms with Crippen LogP contribution in [0.3, 0.4) is 0 Å². The lowest BCUT2D eigenvalue weighted by Crippen LogP contribution is -2.33. The van der Waals surface area contributed by atoms with Crippen LogP contribution >= 0.6 is 27.5 Å². The highest BCUT2D eigenvalue weighted by Crippen LogP contribution is 2.32. The van der Waals surface area contributed by atoms with Gasteiger partial charge in [0.2, 0.25) is 5.91 Å². The van der Waals surface area contributed by atoms with Gasteiger partial charge in [-0.1, -0.05) is 11.6 Å². The van der Waals surface area contributed by atoms with E-state index in [1.54, 1.807) is 0 Å². The third-order valence-electron chi connectivity index (χ3n) is 2.72. The van der Waals surface area contributed by atoms with Crippen LogP contribution in [0.25, 0.3) is 0 Å². The molecule has 1 aromatic heterocycles. The molecule has 2 rings (SSSR count). The summed E-state index contributed by atoms with van der Waals surface area (Å²) in [6.07, 6.45) is -3.85. The van der Waals surface area contributed by atoms with Gasteiger partial charge in [0.25, 0.3) is 5.56 Å². The summed E-state index contributed by atoms with van der Waals surface area (Å²) >= 11 is 8.47. The summed E-state index contributed by atoms with van der Waals surface area (Å²) in [5.41, 5.74) is -1.46. The number of alkyl halides is 3. The van der Waals surface area contributed by atoms with Crippen molar-refractivity contribution in [1.82, 2.24) is 9.55 Å². The maximum Gasteiger partial charge on any atom is 0.573 e. The van der Waals surface area contributed by atoms with E-state index in [2.05, 4.69) is 26.0 Å². The van der Waals surface area contributed by atoms with Crippen LogP contribution in [0, 0.1) is 0 Å². The minimum atomic E-state index is -4.85. The Balaban J connectivity index is 2.11. The van der Waals surface area contributed by atoms with Crippen molar-refractivity contribution in [3.63, 3.8) is 0 Å². The summed E-state index contributed by atoms with van der Waals surface area (Å²) in [5.74, 6) is -1.14. The van der Waals surface area contributed by atoms with Crippen LogP contribution in [0.2, 0.25) is 5.02 Å². The molecular formula is C13H8BrClF3N3O4. The summed E-state index contributed by atoms with van der Waals surface area (Å²) in [4.78, 5) is 36.5. The third kappa shape index (κ3) is 5.36. The Morgan fingerprint density at radius 3 is 2.64 bits per heavy atom. The van der Waals surface area contributed by atoms with Crippen LogP contribution in [0.1, 0.15) is 0 Å². The van der Waals surface area contributed by atoms with E-state index in [9.17, 15) is 27.6 Å². The molecule has 0 fully saturated rings. The average Bonchev–Trinajstić information content (AvgIpc) is 2.46. The van der Waals surface area contributed by atoms with Crippen molar-refractivity contribution in [3.05, 3.63) is 54.7 Å². The summed E-state index contributed by atoms with van der Waals surface area (Å²) in [6, 6.07) is 3.39. The second-order valence-corrected chi connectivity index (χ2v) is 5.87. The van der Waals surface area contributed by atoms with Gasteiger partial charge in [-0.15, -0.1) is 13.2 Å². The van der Waals surface area contributed by atoms with Gasteiger partial charge in [0.1, 0.15) is 17.3 Å². The molecule has 0 spiro atoms. The second kappa shape index (κ2) is 7.31. The van der Waals surface area contributed by atoms with E-state index in [0.29, 0.717) is 0 Å². The van der Waals surface area contributed by atoms with Crippen molar-refractivity contribution in [2.24, 2.45) is 0 Å². The van der Waals surface area contributed by atoms with Crippen LogP contribution in [0.15, 0.2) is 38.5 Å². The number of hydrogen-bond acceptors (Lipinski definition) is 4. The monoisotopic (exact) mass is 441 g/mol. The number of nitrogens with zero attached hydrogens (tertiary/aromatic N) is 1. The first-order valence-electron chi connectivity index (χ1n) is 6.39. The van der Waals surface area contributed by atoms with Gasteiger partial charge in [0.15, 0.2) is 0 Å². The standard InChI is InChI=1S/C13H8BrClF3N3O4/c14-7-3-6(1-2-9(7)25-13(16,17)18)19-10(22)5-21-4-8(15)11(23)20-12(21)24/h1-4H,5H2,(H,19,22)(H,20,23,24). The predicted octanol–water partition coefficient (Wildman–Crippen LogP) is 2.49. The highest BCUT2D eigenvalue weighted by atomic mass is 79.9. The van der Waals surface area contributed by atoms with Crippen molar-refractivity contribution in [2.45, 2.75) is 12.9 Å². The number of ether oxygens (including phenoxy) is 1. The molecule has 1 amide bonds. The van der Waals surface area contributed by atoms with E-state index < -0.39 is 35.8 Å². The van der Waals surface area contributed by atoms with E-state index in [1.807, 2.05) is 4.98 Å². The number of nitrogens with one attached hydrogen (secondary N) is 2. The maximum atomic E-state index is 12.2. The van der Waals surface area contributed by atoms with Crippen LogP contribution in [0.5, 0.6) is 5.75 Å². The first-order chi connectivity index (χ1) is 11.5. The first-order valence-corrected chi connectivity index (χ1v) is 7.56. The van der Waals surface area contributed by atoms with Crippen molar-refractivity contribution < 1.29 is 22.7 Å². The van der Waals surface area contributed by atoms with Crippen molar-refractivity contribution in [3.8, 4) is 5.75 Å². The number of carbonyl (C=O) groups is 1. The quantitative estimate of drug-likeness (QED) is 0.761. The Labute approximate surface area is 150 Å². The lowest BCUT2D eigenvalue weighted by Gasteiger charge is -2.12. The molecule has 0 saturated heterocycles. The van der Waals surface area contributed by atoms with Gasteiger partial charge in [-0.25, -0.2) is 4.79 Å². The zero-order valence-corrected chi connectivity index (χ0v) is 14.3. The molecule has 0 aliphatic carbocycles. The summed E-state index contributed by atoms with van der Waals surface area (Å²) in [7, 11) is 0. The number of halogens is 5. The molecule has 1 heterocycles. The van der Waals surface area contributed by atoms with Crippen molar-refractivity contribution in [1.29, 1.82) is 0 Å². The highest BCUT2D eigenvalue weighted by molar-refractivity contribution is 9.10. The van der Waals surface area contributed by atoms with Crippen LogP contribution < -0.4 is 21.3 Å².